The van der Waals surface area contributed by atoms with Crippen molar-refractivity contribution >= 4 is 5.97 Å². The molecule has 0 amide bonds. The van der Waals surface area contributed by atoms with Crippen molar-refractivity contribution in [3.05, 3.63) is 0 Å². The first-order valence-electron chi connectivity index (χ1n) is 6.16. The Kier molecular flexibility index (Phi) is 1.97. The largest absolute Gasteiger partial charge is 0.481 e. The fraction of sp³-hybridized carbons (Fsp3) is 0.917. The first kappa shape index (κ1) is 10.5. The van der Waals surface area contributed by atoms with Crippen LogP contribution >= 0.6 is 0 Å². The van der Waals surface area contributed by atoms with Crippen LogP contribution in [0.1, 0.15) is 38.5 Å². The molecule has 16 heavy (non-hydrogen) atoms. The van der Waals surface area contributed by atoms with E-state index in [2.05, 4.69) is 11.9 Å². The molecule has 2 aliphatic heterocycles. The number of piperidine rings is 1. The van der Waals surface area contributed by atoms with Gasteiger partial charge in [0.25, 0.3) is 0 Å². The van der Waals surface area contributed by atoms with Crippen LogP contribution in [0.15, 0.2) is 0 Å². The van der Waals surface area contributed by atoms with Crippen molar-refractivity contribution in [3.63, 3.8) is 0 Å². The second-order valence-corrected chi connectivity index (χ2v) is 5.88. The lowest BCUT2D eigenvalue weighted by molar-refractivity contribution is -0.163. The molecule has 2 bridgehead atoms. The maximum atomic E-state index is 11.3. The molecule has 1 saturated carbocycles. The zero-order chi connectivity index (χ0) is 11.6. The lowest BCUT2D eigenvalue weighted by Crippen LogP contribution is -2.55. The summed E-state index contributed by atoms with van der Waals surface area (Å²) in [7, 11) is 2.10. The molecule has 0 aromatic heterocycles. The van der Waals surface area contributed by atoms with Gasteiger partial charge in [0.05, 0.1) is 11.0 Å². The smallest absolute Gasteiger partial charge is 0.312 e. The third-order valence-electron chi connectivity index (χ3n) is 5.18. The summed E-state index contributed by atoms with van der Waals surface area (Å²) in [5, 5.41) is 20.0. The van der Waals surface area contributed by atoms with Gasteiger partial charge in [0.15, 0.2) is 0 Å². The van der Waals surface area contributed by atoms with Crippen LogP contribution in [0.3, 0.4) is 0 Å². The van der Waals surface area contributed by atoms with Gasteiger partial charge in [-0.05, 0) is 45.6 Å². The first-order valence-corrected chi connectivity index (χ1v) is 6.16. The van der Waals surface area contributed by atoms with Crippen molar-refractivity contribution in [2.24, 2.45) is 5.41 Å². The second kappa shape index (κ2) is 2.99. The molecule has 2 N–H and O–H groups in total. The van der Waals surface area contributed by atoms with Crippen LogP contribution in [0.2, 0.25) is 0 Å². The minimum absolute atomic E-state index is 0.389. The molecule has 3 rings (SSSR count). The molecule has 4 nitrogen and oxygen atoms in total. The minimum atomic E-state index is -0.947. The average Bonchev–Trinajstić information content (AvgIpc) is 2.96. The van der Waals surface area contributed by atoms with Crippen LogP contribution in [-0.2, 0) is 4.79 Å². The van der Waals surface area contributed by atoms with E-state index in [9.17, 15) is 15.0 Å². The van der Waals surface area contributed by atoms with Crippen LogP contribution in [-0.4, -0.2) is 45.8 Å². The Morgan fingerprint density at radius 3 is 2.12 bits per heavy atom. The van der Waals surface area contributed by atoms with Gasteiger partial charge in [0.2, 0.25) is 0 Å². The van der Waals surface area contributed by atoms with Gasteiger partial charge in [-0.25, -0.2) is 0 Å². The van der Waals surface area contributed by atoms with Gasteiger partial charge in [-0.15, -0.1) is 0 Å². The summed E-state index contributed by atoms with van der Waals surface area (Å²) in [4.78, 5) is 13.7. The van der Waals surface area contributed by atoms with Crippen molar-refractivity contribution in [3.8, 4) is 0 Å². The zero-order valence-electron chi connectivity index (χ0n) is 9.65. The normalized spacial score (nSPS) is 45.6. The number of carboxylic acids is 1. The summed E-state index contributed by atoms with van der Waals surface area (Å²) in [5.41, 5.74) is -1.76. The van der Waals surface area contributed by atoms with Gasteiger partial charge in [0, 0.05) is 12.1 Å². The molecule has 2 heterocycles. The summed E-state index contributed by atoms with van der Waals surface area (Å²) in [6.45, 7) is 0. The van der Waals surface area contributed by atoms with Gasteiger partial charge in [-0.1, -0.05) is 0 Å². The Hall–Kier alpha value is -0.610. The number of fused-ring (bicyclic) bond motifs is 2. The van der Waals surface area contributed by atoms with E-state index in [1.54, 1.807) is 0 Å². The number of aliphatic carboxylic acids is 1. The Balaban J connectivity index is 1.88. The first-order chi connectivity index (χ1) is 7.48. The van der Waals surface area contributed by atoms with Gasteiger partial charge in [0.1, 0.15) is 0 Å². The third kappa shape index (κ3) is 1.14. The highest BCUT2D eigenvalue weighted by molar-refractivity contribution is 5.79. The molecule has 0 radical (unpaired) electrons. The van der Waals surface area contributed by atoms with Crippen molar-refractivity contribution < 1.29 is 15.0 Å². The molecule has 3 fully saturated rings. The van der Waals surface area contributed by atoms with Crippen LogP contribution in [0.25, 0.3) is 0 Å². The monoisotopic (exact) mass is 225 g/mol. The topological polar surface area (TPSA) is 60.8 Å². The molecule has 0 aromatic carbocycles. The predicted molar refractivity (Wildman–Crippen MR) is 58.1 cm³/mol. The van der Waals surface area contributed by atoms with Crippen molar-refractivity contribution in [2.45, 2.75) is 56.2 Å². The van der Waals surface area contributed by atoms with E-state index in [0.717, 1.165) is 12.8 Å². The Bertz CT molecular complexity index is 323. The summed E-state index contributed by atoms with van der Waals surface area (Å²) >= 11 is 0. The standard InChI is InChI=1S/C12H19NO3/c1-13-8-2-3-9(13)7-12(16,6-8)11(4-5-11)10(14)15/h8-9,16H,2-7H2,1H3,(H,14,15). The molecular formula is C12H19NO3. The third-order valence-corrected chi connectivity index (χ3v) is 5.18. The number of nitrogens with zero attached hydrogens (tertiary/aromatic N) is 1. The highest BCUT2D eigenvalue weighted by Gasteiger charge is 2.67. The molecule has 2 atom stereocenters. The number of hydrogen-bond acceptors (Lipinski definition) is 3. The molecule has 0 spiro atoms. The van der Waals surface area contributed by atoms with E-state index < -0.39 is 17.0 Å². The maximum Gasteiger partial charge on any atom is 0.312 e. The quantitative estimate of drug-likeness (QED) is 0.731. The SMILES string of the molecule is CN1C2CCC1CC(O)(C1(C(=O)O)CC1)C2. The Labute approximate surface area is 95.2 Å². The fourth-order valence-electron chi connectivity index (χ4n) is 3.84. The summed E-state index contributed by atoms with van der Waals surface area (Å²) in [6, 6.07) is 0.779. The highest BCUT2D eigenvalue weighted by atomic mass is 16.4. The Morgan fingerprint density at radius 1 is 1.25 bits per heavy atom. The van der Waals surface area contributed by atoms with E-state index in [0.29, 0.717) is 37.8 Å². The lowest BCUT2D eigenvalue weighted by atomic mass is 9.74. The molecular weight excluding hydrogens is 206 g/mol. The molecule has 2 saturated heterocycles. The average molecular weight is 225 g/mol. The summed E-state index contributed by atoms with van der Waals surface area (Å²) < 4.78 is 0. The predicted octanol–water partition coefficient (Wildman–Crippen LogP) is 0.839. The second-order valence-electron chi connectivity index (χ2n) is 5.88. The van der Waals surface area contributed by atoms with E-state index in [-0.39, 0.29) is 0 Å². The molecule has 4 heteroatoms. The van der Waals surface area contributed by atoms with E-state index in [1.165, 1.54) is 0 Å². The van der Waals surface area contributed by atoms with Gasteiger partial charge < -0.3 is 15.1 Å². The number of rotatable bonds is 2. The summed E-state index contributed by atoms with van der Waals surface area (Å²) in [5.74, 6) is -0.793. The summed E-state index contributed by atoms with van der Waals surface area (Å²) in [6.07, 6.45) is 4.82. The molecule has 1 aliphatic carbocycles. The number of carboxylic acid groups (broad SMARTS) is 1. The van der Waals surface area contributed by atoms with Crippen LogP contribution in [0, 0.1) is 5.41 Å². The molecule has 0 aromatic rings. The fourth-order valence-corrected chi connectivity index (χ4v) is 3.84. The van der Waals surface area contributed by atoms with E-state index in [4.69, 9.17) is 0 Å². The molecule has 90 valence electrons. The van der Waals surface area contributed by atoms with Gasteiger partial charge in [-0.3, -0.25) is 4.79 Å². The number of hydrogen-bond donors (Lipinski definition) is 2. The van der Waals surface area contributed by atoms with Crippen molar-refractivity contribution in [1.82, 2.24) is 4.90 Å². The highest BCUT2D eigenvalue weighted by Crippen LogP contribution is 2.60. The Morgan fingerprint density at radius 2 is 1.75 bits per heavy atom. The number of aliphatic hydroxyl groups is 1. The molecule has 2 unspecified atom stereocenters. The van der Waals surface area contributed by atoms with Gasteiger partial charge >= 0.3 is 5.97 Å². The van der Waals surface area contributed by atoms with Crippen LogP contribution in [0.5, 0.6) is 0 Å². The molecule has 3 aliphatic rings. The van der Waals surface area contributed by atoms with Crippen LogP contribution < -0.4 is 0 Å². The van der Waals surface area contributed by atoms with Crippen LogP contribution in [0.4, 0.5) is 0 Å². The van der Waals surface area contributed by atoms with Gasteiger partial charge in [-0.2, -0.15) is 0 Å². The zero-order valence-corrected chi connectivity index (χ0v) is 9.65. The number of carbonyl (C=O) groups is 1. The minimum Gasteiger partial charge on any atom is -0.481 e. The van der Waals surface area contributed by atoms with E-state index >= 15 is 0 Å². The van der Waals surface area contributed by atoms with E-state index in [1.807, 2.05) is 0 Å². The maximum absolute atomic E-state index is 11.3. The lowest BCUT2D eigenvalue weighted by Gasteiger charge is -2.45. The van der Waals surface area contributed by atoms with Crippen molar-refractivity contribution in [2.75, 3.05) is 7.05 Å². The van der Waals surface area contributed by atoms with Crippen molar-refractivity contribution in [1.29, 1.82) is 0 Å².